The van der Waals surface area contributed by atoms with E-state index in [2.05, 4.69) is 10.3 Å². The van der Waals surface area contributed by atoms with Crippen molar-refractivity contribution in [3.05, 3.63) is 29.1 Å². The van der Waals surface area contributed by atoms with Crippen LogP contribution in [0.2, 0.25) is 0 Å². The summed E-state index contributed by atoms with van der Waals surface area (Å²) < 4.78 is 0. The minimum atomic E-state index is -0.0566. The number of rotatable bonds is 1. The van der Waals surface area contributed by atoms with Gasteiger partial charge in [0, 0.05) is 13.5 Å². The first-order valence-electron chi connectivity index (χ1n) is 6.22. The number of amides is 2. The lowest BCUT2D eigenvalue weighted by molar-refractivity contribution is -0.129. The van der Waals surface area contributed by atoms with Gasteiger partial charge in [0.2, 0.25) is 5.91 Å². The van der Waals surface area contributed by atoms with Crippen LogP contribution in [0.3, 0.4) is 0 Å². The highest BCUT2D eigenvalue weighted by Gasteiger charge is 2.30. The molecule has 5 heteroatoms. The van der Waals surface area contributed by atoms with Gasteiger partial charge in [-0.2, -0.15) is 0 Å². The van der Waals surface area contributed by atoms with Crippen molar-refractivity contribution in [3.63, 3.8) is 0 Å². The van der Waals surface area contributed by atoms with E-state index in [-0.39, 0.29) is 17.9 Å². The average molecular weight is 245 g/mol. The van der Waals surface area contributed by atoms with Gasteiger partial charge in [0.1, 0.15) is 0 Å². The highest BCUT2D eigenvalue weighted by Crippen LogP contribution is 2.31. The van der Waals surface area contributed by atoms with Gasteiger partial charge in [0.05, 0.1) is 29.5 Å². The van der Waals surface area contributed by atoms with Gasteiger partial charge in [0.25, 0.3) is 5.91 Å². The summed E-state index contributed by atoms with van der Waals surface area (Å²) >= 11 is 0. The number of nitrogens with one attached hydrogen (secondary N) is 1. The number of likely N-dealkylation sites (tertiary alicyclic amines) is 1. The molecule has 2 amide bonds. The van der Waals surface area contributed by atoms with Gasteiger partial charge in [-0.1, -0.05) is 0 Å². The molecule has 0 aliphatic carbocycles. The van der Waals surface area contributed by atoms with Crippen LogP contribution in [-0.4, -0.2) is 28.2 Å². The lowest BCUT2D eigenvalue weighted by atomic mass is 10.1. The maximum Gasteiger partial charge on any atom is 0.253 e. The second-order valence-electron chi connectivity index (χ2n) is 4.78. The van der Waals surface area contributed by atoms with Crippen molar-refractivity contribution < 1.29 is 9.59 Å². The Labute approximate surface area is 105 Å². The van der Waals surface area contributed by atoms with Crippen molar-refractivity contribution in [1.29, 1.82) is 0 Å². The SMILES string of the molecule is CC(=O)N1CCCC1c1ccc2c(n1)CNC2=O. The molecule has 3 rings (SSSR count). The molecule has 0 radical (unpaired) electrons. The first-order chi connectivity index (χ1) is 8.66. The van der Waals surface area contributed by atoms with Crippen LogP contribution in [0.15, 0.2) is 12.1 Å². The van der Waals surface area contributed by atoms with Gasteiger partial charge in [-0.25, -0.2) is 0 Å². The Balaban J connectivity index is 1.93. The van der Waals surface area contributed by atoms with Crippen LogP contribution in [-0.2, 0) is 11.3 Å². The van der Waals surface area contributed by atoms with Crippen molar-refractivity contribution in [2.45, 2.75) is 32.4 Å². The normalized spacial score (nSPS) is 21.9. The third-order valence-electron chi connectivity index (χ3n) is 3.66. The molecule has 1 aromatic heterocycles. The predicted octanol–water partition coefficient (Wildman–Crippen LogP) is 1.01. The van der Waals surface area contributed by atoms with Crippen molar-refractivity contribution in [1.82, 2.24) is 15.2 Å². The molecule has 1 atom stereocenters. The number of carbonyl (C=O) groups excluding carboxylic acids is 2. The smallest absolute Gasteiger partial charge is 0.253 e. The molecule has 1 saturated heterocycles. The Hall–Kier alpha value is -1.91. The van der Waals surface area contributed by atoms with E-state index < -0.39 is 0 Å². The van der Waals surface area contributed by atoms with Crippen LogP contribution >= 0.6 is 0 Å². The van der Waals surface area contributed by atoms with Crippen LogP contribution in [0.25, 0.3) is 0 Å². The maximum atomic E-state index is 11.5. The molecule has 5 nitrogen and oxygen atoms in total. The second-order valence-corrected chi connectivity index (χ2v) is 4.78. The molecule has 94 valence electrons. The monoisotopic (exact) mass is 245 g/mol. The maximum absolute atomic E-state index is 11.5. The summed E-state index contributed by atoms with van der Waals surface area (Å²) in [6, 6.07) is 3.76. The van der Waals surface area contributed by atoms with Crippen LogP contribution in [0.5, 0.6) is 0 Å². The van der Waals surface area contributed by atoms with E-state index >= 15 is 0 Å². The fraction of sp³-hybridized carbons (Fsp3) is 0.462. The topological polar surface area (TPSA) is 62.3 Å². The minimum absolute atomic E-state index is 0.0566. The van der Waals surface area contributed by atoms with Gasteiger partial charge in [-0.3, -0.25) is 14.6 Å². The molecule has 0 spiro atoms. The third kappa shape index (κ3) is 1.66. The van der Waals surface area contributed by atoms with Crippen molar-refractivity contribution in [2.75, 3.05) is 6.54 Å². The van der Waals surface area contributed by atoms with Crippen LogP contribution in [0, 0.1) is 0 Å². The standard InChI is InChI=1S/C13H15N3O2/c1-8(17)16-6-2-3-12(16)10-5-4-9-11(15-10)7-14-13(9)18/h4-5,12H,2-3,6-7H2,1H3,(H,14,18). The van der Waals surface area contributed by atoms with E-state index in [1.165, 1.54) is 0 Å². The number of carbonyl (C=O) groups is 2. The second kappa shape index (κ2) is 4.08. The molecular weight excluding hydrogens is 230 g/mol. The number of aromatic nitrogens is 1. The van der Waals surface area contributed by atoms with Gasteiger partial charge < -0.3 is 10.2 Å². The summed E-state index contributed by atoms with van der Waals surface area (Å²) in [7, 11) is 0. The molecule has 18 heavy (non-hydrogen) atoms. The van der Waals surface area contributed by atoms with Crippen LogP contribution in [0.4, 0.5) is 0 Å². The van der Waals surface area contributed by atoms with Gasteiger partial charge in [-0.05, 0) is 25.0 Å². The fourth-order valence-corrected chi connectivity index (χ4v) is 2.76. The summed E-state index contributed by atoms with van der Waals surface area (Å²) in [6.07, 6.45) is 1.97. The lowest BCUT2D eigenvalue weighted by Gasteiger charge is -2.23. The van der Waals surface area contributed by atoms with E-state index in [4.69, 9.17) is 0 Å². The van der Waals surface area contributed by atoms with Gasteiger partial charge >= 0.3 is 0 Å². The molecule has 0 saturated carbocycles. The zero-order valence-electron chi connectivity index (χ0n) is 10.3. The van der Waals surface area contributed by atoms with Crippen molar-refractivity contribution >= 4 is 11.8 Å². The van der Waals surface area contributed by atoms with Gasteiger partial charge in [-0.15, -0.1) is 0 Å². The lowest BCUT2D eigenvalue weighted by Crippen LogP contribution is -2.28. The first kappa shape index (κ1) is 11.2. The predicted molar refractivity (Wildman–Crippen MR) is 64.8 cm³/mol. The van der Waals surface area contributed by atoms with E-state index in [9.17, 15) is 9.59 Å². The van der Waals surface area contributed by atoms with Crippen molar-refractivity contribution in [2.24, 2.45) is 0 Å². The minimum Gasteiger partial charge on any atom is -0.346 e. The largest absolute Gasteiger partial charge is 0.346 e. The summed E-state index contributed by atoms with van der Waals surface area (Å²) in [5.41, 5.74) is 2.36. The molecule has 2 aliphatic heterocycles. The zero-order valence-corrected chi connectivity index (χ0v) is 10.3. The zero-order chi connectivity index (χ0) is 12.7. The number of hydrogen-bond acceptors (Lipinski definition) is 3. The number of fused-ring (bicyclic) bond motifs is 1. The van der Waals surface area contributed by atoms with E-state index in [1.54, 1.807) is 6.92 Å². The van der Waals surface area contributed by atoms with Crippen LogP contribution < -0.4 is 5.32 Å². The molecule has 1 fully saturated rings. The molecule has 1 N–H and O–H groups in total. The van der Waals surface area contributed by atoms with Gasteiger partial charge in [0.15, 0.2) is 0 Å². The number of pyridine rings is 1. The molecule has 3 heterocycles. The molecule has 0 bridgehead atoms. The summed E-state index contributed by atoms with van der Waals surface area (Å²) in [4.78, 5) is 29.4. The average Bonchev–Trinajstić information content (AvgIpc) is 2.96. The molecule has 2 aliphatic rings. The Morgan fingerprint density at radius 2 is 2.33 bits per heavy atom. The highest BCUT2D eigenvalue weighted by molar-refractivity contribution is 5.97. The molecule has 0 aromatic carbocycles. The van der Waals surface area contributed by atoms with E-state index in [0.29, 0.717) is 12.1 Å². The van der Waals surface area contributed by atoms with Crippen molar-refractivity contribution in [3.8, 4) is 0 Å². The molecule has 1 unspecified atom stereocenters. The summed E-state index contributed by atoms with van der Waals surface area (Å²) in [6.45, 7) is 2.89. The van der Waals surface area contributed by atoms with E-state index in [1.807, 2.05) is 17.0 Å². The Bertz CT molecular complexity index is 527. The fourth-order valence-electron chi connectivity index (χ4n) is 2.76. The van der Waals surface area contributed by atoms with Crippen LogP contribution in [0.1, 0.15) is 47.6 Å². The summed E-state index contributed by atoms with van der Waals surface area (Å²) in [5, 5.41) is 2.75. The molecular formula is C13H15N3O2. The number of nitrogens with zero attached hydrogens (tertiary/aromatic N) is 2. The number of hydrogen-bond donors (Lipinski definition) is 1. The quantitative estimate of drug-likeness (QED) is 0.803. The third-order valence-corrected chi connectivity index (χ3v) is 3.66. The Morgan fingerprint density at radius 1 is 1.50 bits per heavy atom. The molecule has 1 aromatic rings. The van der Waals surface area contributed by atoms with E-state index in [0.717, 1.165) is 30.8 Å². The Kier molecular flexibility index (Phi) is 2.54. The Morgan fingerprint density at radius 3 is 3.11 bits per heavy atom. The highest BCUT2D eigenvalue weighted by atomic mass is 16.2. The first-order valence-corrected chi connectivity index (χ1v) is 6.22. The summed E-state index contributed by atoms with van der Waals surface area (Å²) in [5.74, 6) is 0.0351.